The lowest BCUT2D eigenvalue weighted by atomic mass is 9.97. The number of pyridine rings is 2. The lowest BCUT2D eigenvalue weighted by Crippen LogP contribution is -2.10. The average Bonchev–Trinajstić information content (AvgIpc) is 3.39. The zero-order valence-corrected chi connectivity index (χ0v) is 22.3. The molecule has 0 saturated heterocycles. The van der Waals surface area contributed by atoms with Crippen LogP contribution in [0.4, 0.5) is 0 Å². The van der Waals surface area contributed by atoms with Crippen LogP contribution in [0, 0.1) is 0 Å². The predicted octanol–water partition coefficient (Wildman–Crippen LogP) is 8.65. The van der Waals surface area contributed by atoms with Crippen LogP contribution in [-0.2, 0) is 6.54 Å². The van der Waals surface area contributed by atoms with Crippen LogP contribution in [-0.4, -0.2) is 14.5 Å². The predicted molar refractivity (Wildman–Crippen MR) is 169 cm³/mol. The van der Waals surface area contributed by atoms with Gasteiger partial charge in [-0.2, -0.15) is 0 Å². The van der Waals surface area contributed by atoms with Gasteiger partial charge in [-0.05, 0) is 76.6 Å². The van der Waals surface area contributed by atoms with E-state index in [-0.39, 0.29) is 0 Å². The summed E-state index contributed by atoms with van der Waals surface area (Å²) in [7, 11) is 0. The van der Waals surface area contributed by atoms with Crippen molar-refractivity contribution in [2.75, 3.05) is 0 Å². The van der Waals surface area contributed by atoms with E-state index in [0.717, 1.165) is 45.9 Å². The van der Waals surface area contributed by atoms with Gasteiger partial charge in [-0.25, -0.2) is 4.98 Å². The van der Waals surface area contributed by atoms with Crippen molar-refractivity contribution >= 4 is 27.8 Å². The van der Waals surface area contributed by atoms with Crippen molar-refractivity contribution < 1.29 is 0 Å². The SMILES string of the molecule is C1=Cc2c(c3ccccc3n2-c2ccc(-c3cc(-c4ccncc4)nc(-c4cccc5ccccc45)c3)cc2)CN1. The van der Waals surface area contributed by atoms with Crippen molar-refractivity contribution in [3.05, 3.63) is 145 Å². The van der Waals surface area contributed by atoms with Gasteiger partial charge in [0.05, 0.1) is 22.6 Å². The fourth-order valence-corrected chi connectivity index (χ4v) is 6.02. The smallest absolute Gasteiger partial charge is 0.0721 e. The molecule has 0 atom stereocenters. The maximum absolute atomic E-state index is 5.14. The van der Waals surface area contributed by atoms with Gasteiger partial charge in [0.2, 0.25) is 0 Å². The largest absolute Gasteiger partial charge is 0.387 e. The Morgan fingerprint density at radius 1 is 0.634 bits per heavy atom. The third kappa shape index (κ3) is 4.00. The van der Waals surface area contributed by atoms with Gasteiger partial charge in [0.1, 0.15) is 0 Å². The van der Waals surface area contributed by atoms with Crippen LogP contribution >= 0.6 is 0 Å². The van der Waals surface area contributed by atoms with Crippen molar-refractivity contribution in [2.45, 2.75) is 6.54 Å². The molecule has 1 N–H and O–H groups in total. The first-order chi connectivity index (χ1) is 20.3. The number of hydrogen-bond acceptors (Lipinski definition) is 3. The van der Waals surface area contributed by atoms with E-state index in [9.17, 15) is 0 Å². The van der Waals surface area contributed by atoms with E-state index in [1.807, 2.05) is 30.7 Å². The summed E-state index contributed by atoms with van der Waals surface area (Å²) in [6.07, 6.45) is 7.86. The highest BCUT2D eigenvalue weighted by Crippen LogP contribution is 2.35. The van der Waals surface area contributed by atoms with Crippen molar-refractivity contribution in [1.29, 1.82) is 0 Å². The van der Waals surface area contributed by atoms with Crippen molar-refractivity contribution in [2.24, 2.45) is 0 Å². The number of nitrogens with one attached hydrogen (secondary N) is 1. The second kappa shape index (κ2) is 9.61. The van der Waals surface area contributed by atoms with E-state index in [1.54, 1.807) is 0 Å². The van der Waals surface area contributed by atoms with Gasteiger partial charge in [0.25, 0.3) is 0 Å². The number of fused-ring (bicyclic) bond motifs is 4. The van der Waals surface area contributed by atoms with E-state index in [2.05, 4.69) is 124 Å². The Kier molecular flexibility index (Phi) is 5.49. The monoisotopic (exact) mass is 526 g/mol. The Morgan fingerprint density at radius 3 is 2.27 bits per heavy atom. The second-order valence-corrected chi connectivity index (χ2v) is 10.4. The lowest BCUT2D eigenvalue weighted by molar-refractivity contribution is 0.855. The minimum absolute atomic E-state index is 0.836. The van der Waals surface area contributed by atoms with E-state index < -0.39 is 0 Å². The van der Waals surface area contributed by atoms with E-state index in [4.69, 9.17) is 4.98 Å². The molecule has 0 saturated carbocycles. The molecule has 0 aliphatic carbocycles. The summed E-state index contributed by atoms with van der Waals surface area (Å²) in [4.78, 5) is 9.37. The fraction of sp³-hybridized carbons (Fsp3) is 0.0270. The molecule has 7 aromatic rings. The molecule has 4 heterocycles. The van der Waals surface area contributed by atoms with Crippen molar-refractivity contribution in [1.82, 2.24) is 19.9 Å². The molecule has 0 amide bonds. The van der Waals surface area contributed by atoms with E-state index >= 15 is 0 Å². The number of hydrogen-bond donors (Lipinski definition) is 1. The molecule has 3 aromatic heterocycles. The van der Waals surface area contributed by atoms with Crippen molar-refractivity contribution in [3.63, 3.8) is 0 Å². The second-order valence-electron chi connectivity index (χ2n) is 10.4. The maximum Gasteiger partial charge on any atom is 0.0721 e. The molecule has 1 aliphatic heterocycles. The highest BCUT2D eigenvalue weighted by molar-refractivity contribution is 5.97. The number of aromatic nitrogens is 3. The zero-order chi connectivity index (χ0) is 27.2. The fourth-order valence-electron chi connectivity index (χ4n) is 6.02. The number of para-hydroxylation sites is 1. The van der Waals surface area contributed by atoms with Crippen LogP contribution in [0.3, 0.4) is 0 Å². The standard InChI is InChI=1S/C37H26N4/c1-2-8-30-26(6-1)7-5-10-31(30)35-23-28(22-34(40-35)27-16-19-38-20-17-27)25-12-14-29(15-13-25)41-36-11-4-3-9-32(36)33-24-39-21-18-37(33)41/h1-23,39H,24H2. The number of nitrogens with zero attached hydrogens (tertiary/aromatic N) is 3. The third-order valence-corrected chi connectivity index (χ3v) is 7.98. The maximum atomic E-state index is 5.14. The summed E-state index contributed by atoms with van der Waals surface area (Å²) in [6.45, 7) is 0.836. The molecule has 0 fully saturated rings. The molecule has 0 bridgehead atoms. The summed E-state index contributed by atoms with van der Waals surface area (Å²) in [5, 5.41) is 7.07. The highest BCUT2D eigenvalue weighted by atomic mass is 15.0. The van der Waals surface area contributed by atoms with Gasteiger partial charge in [-0.3, -0.25) is 4.98 Å². The van der Waals surface area contributed by atoms with Gasteiger partial charge < -0.3 is 9.88 Å². The Balaban J connectivity index is 1.28. The molecule has 8 rings (SSSR count). The molecule has 41 heavy (non-hydrogen) atoms. The molecule has 0 unspecified atom stereocenters. The molecule has 0 spiro atoms. The van der Waals surface area contributed by atoms with E-state index in [0.29, 0.717) is 0 Å². The summed E-state index contributed by atoms with van der Waals surface area (Å²) in [5.74, 6) is 0. The normalized spacial score (nSPS) is 12.4. The highest BCUT2D eigenvalue weighted by Gasteiger charge is 2.18. The lowest BCUT2D eigenvalue weighted by Gasteiger charge is -2.14. The Hall–Kier alpha value is -5.48. The minimum Gasteiger partial charge on any atom is -0.387 e. The first-order valence-corrected chi connectivity index (χ1v) is 13.9. The zero-order valence-electron chi connectivity index (χ0n) is 22.3. The Morgan fingerprint density at radius 2 is 1.39 bits per heavy atom. The summed E-state index contributed by atoms with van der Waals surface area (Å²) in [6, 6.07) is 40.9. The quantitative estimate of drug-likeness (QED) is 0.250. The van der Waals surface area contributed by atoms with Gasteiger partial charge in [0.15, 0.2) is 0 Å². The Bertz CT molecular complexity index is 2080. The van der Waals surface area contributed by atoms with E-state index in [1.165, 1.54) is 32.9 Å². The molecule has 1 aliphatic rings. The molecule has 0 radical (unpaired) electrons. The van der Waals surface area contributed by atoms with Gasteiger partial charge in [-0.1, -0.05) is 72.8 Å². The van der Waals surface area contributed by atoms with Crippen LogP contribution in [0.15, 0.2) is 134 Å². The van der Waals surface area contributed by atoms with Crippen LogP contribution in [0.2, 0.25) is 0 Å². The van der Waals surface area contributed by atoms with Gasteiger partial charge in [0, 0.05) is 46.7 Å². The Labute approximate surface area is 238 Å². The molecule has 4 nitrogen and oxygen atoms in total. The first kappa shape index (κ1) is 23.4. The number of benzene rings is 4. The van der Waals surface area contributed by atoms with Gasteiger partial charge in [-0.15, -0.1) is 0 Å². The van der Waals surface area contributed by atoms with Crippen LogP contribution in [0.25, 0.3) is 67.1 Å². The molecule has 4 heteroatoms. The number of rotatable bonds is 4. The molecular weight excluding hydrogens is 500 g/mol. The summed E-state index contributed by atoms with van der Waals surface area (Å²) in [5.41, 5.74) is 11.3. The average molecular weight is 527 g/mol. The topological polar surface area (TPSA) is 42.7 Å². The third-order valence-electron chi connectivity index (χ3n) is 7.98. The molecule has 4 aromatic carbocycles. The molecule has 194 valence electrons. The summed E-state index contributed by atoms with van der Waals surface area (Å²) >= 11 is 0. The van der Waals surface area contributed by atoms with Gasteiger partial charge >= 0.3 is 0 Å². The van der Waals surface area contributed by atoms with Crippen LogP contribution in [0.1, 0.15) is 11.3 Å². The first-order valence-electron chi connectivity index (χ1n) is 13.9. The molecular formula is C37H26N4. The van der Waals surface area contributed by atoms with Crippen LogP contribution in [0.5, 0.6) is 0 Å². The van der Waals surface area contributed by atoms with Crippen molar-refractivity contribution in [3.8, 4) is 39.3 Å². The minimum atomic E-state index is 0.836. The van der Waals surface area contributed by atoms with Crippen LogP contribution < -0.4 is 5.32 Å². The summed E-state index contributed by atoms with van der Waals surface area (Å²) < 4.78 is 2.36.